The summed E-state index contributed by atoms with van der Waals surface area (Å²) in [5.74, 6) is -0.0285. The molecule has 1 aromatic heterocycles. The van der Waals surface area contributed by atoms with Gasteiger partial charge < -0.3 is 32.4 Å². The number of piperidine rings is 1. The molecule has 1 amide bonds. The predicted molar refractivity (Wildman–Crippen MR) is 152 cm³/mol. The van der Waals surface area contributed by atoms with Crippen LogP contribution in [-0.2, 0) is 17.6 Å². The van der Waals surface area contributed by atoms with Crippen LogP contribution in [0.2, 0.25) is 0 Å². The monoisotopic (exact) mass is 508 g/mol. The highest BCUT2D eigenvalue weighted by atomic mass is 16.1. The van der Waals surface area contributed by atoms with Crippen LogP contribution in [0.4, 0.5) is 5.69 Å². The quantitative estimate of drug-likeness (QED) is 0.646. The van der Waals surface area contributed by atoms with Crippen molar-refractivity contribution < 1.29 is 22.6 Å². The Labute approximate surface area is 219 Å². The van der Waals surface area contributed by atoms with Crippen molar-refractivity contribution in [1.29, 1.82) is 0 Å². The minimum Gasteiger partial charge on any atom is -0.412 e. The van der Waals surface area contributed by atoms with Crippen LogP contribution in [0.25, 0.3) is 0 Å². The van der Waals surface area contributed by atoms with Gasteiger partial charge in [-0.3, -0.25) is 9.78 Å². The van der Waals surface area contributed by atoms with Gasteiger partial charge in [0, 0.05) is 38.5 Å². The van der Waals surface area contributed by atoms with Gasteiger partial charge in [0.05, 0.1) is 0 Å². The van der Waals surface area contributed by atoms with E-state index in [0.29, 0.717) is 6.04 Å². The number of carbonyl (C=O) groups excluding carboxylic acids is 1. The summed E-state index contributed by atoms with van der Waals surface area (Å²) >= 11 is 0. The number of hydrogen-bond donors (Lipinski definition) is 2. The summed E-state index contributed by atoms with van der Waals surface area (Å²) in [5, 5.41) is 2.72. The van der Waals surface area contributed by atoms with Gasteiger partial charge in [-0.15, -0.1) is 0 Å². The molecular formula is C28H52N4O4. The van der Waals surface area contributed by atoms with E-state index < -0.39 is 0 Å². The van der Waals surface area contributed by atoms with Crippen molar-refractivity contribution in [1.82, 2.24) is 9.88 Å². The molecule has 2 heterocycles. The lowest BCUT2D eigenvalue weighted by atomic mass is 9.89. The number of carbonyl (C=O) groups is 1. The van der Waals surface area contributed by atoms with E-state index in [1.165, 1.54) is 76.1 Å². The largest absolute Gasteiger partial charge is 0.412 e. The van der Waals surface area contributed by atoms with E-state index in [-0.39, 0.29) is 23.8 Å². The summed E-state index contributed by atoms with van der Waals surface area (Å²) in [4.78, 5) is 17.3. The Morgan fingerprint density at radius 2 is 1.61 bits per heavy atom. The van der Waals surface area contributed by atoms with Crippen molar-refractivity contribution in [3.05, 3.63) is 59.9 Å². The number of nitrogens with one attached hydrogen (secondary N) is 1. The van der Waals surface area contributed by atoms with E-state index in [0.717, 1.165) is 24.6 Å². The van der Waals surface area contributed by atoms with Gasteiger partial charge >= 0.3 is 0 Å². The maximum atomic E-state index is 10.7. The fourth-order valence-electron chi connectivity index (χ4n) is 4.45. The number of likely N-dealkylation sites (tertiary alicyclic amines) is 1. The summed E-state index contributed by atoms with van der Waals surface area (Å²) < 4.78 is 0. The topological polar surface area (TPSA) is 166 Å². The molecule has 4 rings (SSSR count). The molecule has 1 saturated carbocycles. The minimum absolute atomic E-state index is 0. The van der Waals surface area contributed by atoms with E-state index in [4.69, 9.17) is 5.73 Å². The molecule has 8 nitrogen and oxygen atoms in total. The molecule has 2 aliphatic rings. The first kappa shape index (κ1) is 35.8. The van der Waals surface area contributed by atoms with Crippen LogP contribution in [0, 0.1) is 0 Å². The number of hydrogen-bond acceptors (Lipinski definition) is 4. The molecule has 8 heteroatoms. The Bertz CT molecular complexity index is 791. The highest BCUT2D eigenvalue weighted by molar-refractivity contribution is 5.88. The Balaban J connectivity index is -0.000000455. The molecule has 2 fully saturated rings. The summed E-state index contributed by atoms with van der Waals surface area (Å²) in [6, 6.07) is 13.2. The Morgan fingerprint density at radius 1 is 0.972 bits per heavy atom. The lowest BCUT2D eigenvalue weighted by Gasteiger charge is -2.38. The summed E-state index contributed by atoms with van der Waals surface area (Å²) in [6.07, 6.45) is 15.3. The molecule has 0 bridgehead atoms. The number of benzene rings is 1. The van der Waals surface area contributed by atoms with Crippen molar-refractivity contribution in [2.45, 2.75) is 90.6 Å². The summed E-state index contributed by atoms with van der Waals surface area (Å²) in [5.41, 5.74) is 9.45. The standard InChI is InChI=1S/C11H22N2.C10H13NO.C7H9N.3H2O.H2/c12-10-5-4-6-11(9-10)13-7-2-1-3-8-13;1-3-9-4-6-10(7-5-9)11-8(2)12;1-2-7-4-3-5-8-6-7;;;;/h10-11H,1-9,12H2;4-7H,3H2,1-2H3,(H,11,12);3-6H,2H2,1H3;3*1H2;1H. The molecule has 1 aliphatic heterocycles. The molecule has 0 spiro atoms. The van der Waals surface area contributed by atoms with Crippen LogP contribution in [0.5, 0.6) is 0 Å². The number of pyridine rings is 1. The molecule has 36 heavy (non-hydrogen) atoms. The zero-order chi connectivity index (χ0) is 23.9. The third-order valence-corrected chi connectivity index (χ3v) is 6.41. The Morgan fingerprint density at radius 3 is 2.08 bits per heavy atom. The molecular weight excluding hydrogens is 456 g/mol. The van der Waals surface area contributed by atoms with Gasteiger partial charge in [-0.2, -0.15) is 0 Å². The van der Waals surface area contributed by atoms with Gasteiger partial charge in [0.15, 0.2) is 0 Å². The second kappa shape index (κ2) is 20.8. The first-order chi connectivity index (χ1) is 16.0. The maximum absolute atomic E-state index is 10.7. The average molecular weight is 509 g/mol. The number of aryl methyl sites for hydroxylation is 2. The van der Waals surface area contributed by atoms with E-state index in [1.54, 1.807) is 6.20 Å². The van der Waals surface area contributed by atoms with Crippen molar-refractivity contribution in [2.75, 3.05) is 18.4 Å². The van der Waals surface area contributed by atoms with E-state index >= 15 is 0 Å². The average Bonchev–Trinajstić information content (AvgIpc) is 2.86. The third-order valence-electron chi connectivity index (χ3n) is 6.41. The molecule has 2 atom stereocenters. The third kappa shape index (κ3) is 14.3. The Kier molecular flexibility index (Phi) is 20.7. The van der Waals surface area contributed by atoms with Crippen LogP contribution in [0.1, 0.15) is 78.3 Å². The van der Waals surface area contributed by atoms with Crippen molar-refractivity contribution in [3.63, 3.8) is 0 Å². The van der Waals surface area contributed by atoms with Crippen molar-refractivity contribution in [2.24, 2.45) is 5.73 Å². The molecule has 2 unspecified atom stereocenters. The molecule has 2 aromatic rings. The lowest BCUT2D eigenvalue weighted by Crippen LogP contribution is -2.44. The predicted octanol–water partition coefficient (Wildman–Crippen LogP) is 3.37. The van der Waals surface area contributed by atoms with Gasteiger partial charge in [0.1, 0.15) is 0 Å². The fourth-order valence-corrected chi connectivity index (χ4v) is 4.45. The second-order valence-corrected chi connectivity index (χ2v) is 9.12. The molecule has 0 radical (unpaired) electrons. The van der Waals surface area contributed by atoms with Gasteiger partial charge in [-0.1, -0.05) is 44.9 Å². The summed E-state index contributed by atoms with van der Waals surface area (Å²) in [7, 11) is 0. The van der Waals surface area contributed by atoms with Crippen molar-refractivity contribution >= 4 is 11.6 Å². The molecule has 1 aliphatic carbocycles. The second-order valence-electron chi connectivity index (χ2n) is 9.12. The van der Waals surface area contributed by atoms with Gasteiger partial charge in [-0.25, -0.2) is 0 Å². The van der Waals surface area contributed by atoms with E-state index in [9.17, 15) is 4.79 Å². The zero-order valence-electron chi connectivity index (χ0n) is 22.4. The fraction of sp³-hybridized carbons (Fsp3) is 0.571. The van der Waals surface area contributed by atoms with Gasteiger partial charge in [-0.05, 0) is 87.4 Å². The van der Waals surface area contributed by atoms with Crippen LogP contribution < -0.4 is 11.1 Å². The molecule has 1 aromatic carbocycles. The number of anilines is 1. The number of nitrogens with two attached hydrogens (primary N) is 1. The molecule has 208 valence electrons. The molecule has 9 N–H and O–H groups in total. The van der Waals surface area contributed by atoms with Crippen LogP contribution in [0.15, 0.2) is 48.8 Å². The number of aromatic nitrogens is 1. The highest BCUT2D eigenvalue weighted by Crippen LogP contribution is 2.24. The number of rotatable bonds is 4. The van der Waals surface area contributed by atoms with Gasteiger partial charge in [0.2, 0.25) is 5.91 Å². The SMILES string of the molecule is CCc1ccc(NC(C)=O)cc1.CCc1cccnc1.NC1CCCC(N2CCCCC2)C1.O.O.O.[HH]. The normalized spacial score (nSPS) is 18.8. The minimum atomic E-state index is -0.0285. The van der Waals surface area contributed by atoms with Crippen LogP contribution >= 0.6 is 0 Å². The zero-order valence-corrected chi connectivity index (χ0v) is 22.4. The Hall–Kier alpha value is -2.36. The maximum Gasteiger partial charge on any atom is 0.221 e. The van der Waals surface area contributed by atoms with E-state index in [1.807, 2.05) is 36.5 Å². The number of amides is 1. The van der Waals surface area contributed by atoms with E-state index in [2.05, 4.69) is 35.1 Å². The first-order valence-electron chi connectivity index (χ1n) is 12.8. The highest BCUT2D eigenvalue weighted by Gasteiger charge is 2.25. The first-order valence-corrected chi connectivity index (χ1v) is 12.8. The van der Waals surface area contributed by atoms with Crippen LogP contribution in [-0.4, -0.2) is 57.4 Å². The smallest absolute Gasteiger partial charge is 0.221 e. The number of nitrogens with zero attached hydrogens (tertiary/aromatic N) is 2. The van der Waals surface area contributed by atoms with Crippen molar-refractivity contribution in [3.8, 4) is 0 Å². The summed E-state index contributed by atoms with van der Waals surface area (Å²) in [6.45, 7) is 8.40. The van der Waals surface area contributed by atoms with Gasteiger partial charge in [0.25, 0.3) is 0 Å². The lowest BCUT2D eigenvalue weighted by molar-refractivity contribution is -0.114. The van der Waals surface area contributed by atoms with Crippen LogP contribution in [0.3, 0.4) is 0 Å². The molecule has 1 saturated heterocycles.